The molecule has 0 radical (unpaired) electrons. The maximum atomic E-state index is 12.2. The first kappa shape index (κ1) is 17.7. The monoisotopic (exact) mass is 366 g/mol. The number of rotatable bonds is 4. The summed E-state index contributed by atoms with van der Waals surface area (Å²) in [5, 5.41) is 3.82. The van der Waals surface area contributed by atoms with Gasteiger partial charge in [-0.1, -0.05) is 17.3 Å². The molecule has 0 aliphatic carbocycles. The molecule has 0 N–H and O–H groups in total. The lowest BCUT2D eigenvalue weighted by atomic mass is 10.1. The summed E-state index contributed by atoms with van der Waals surface area (Å²) in [5.41, 5.74) is 0.952. The summed E-state index contributed by atoms with van der Waals surface area (Å²) < 4.78 is 45.8. The van der Waals surface area contributed by atoms with Gasteiger partial charge in [-0.05, 0) is 29.8 Å². The second-order valence-corrected chi connectivity index (χ2v) is 5.44. The SMILES string of the molecule is CC(=O)c1ccc(OC2=NO[C@@H](c3ccc(OC(F)(F)F)cc3)C2)cn1. The molecule has 0 unspecified atom stereocenters. The molecule has 136 valence electrons. The summed E-state index contributed by atoms with van der Waals surface area (Å²) in [7, 11) is 0. The van der Waals surface area contributed by atoms with Gasteiger partial charge in [0.1, 0.15) is 17.2 Å². The van der Waals surface area contributed by atoms with Crippen molar-refractivity contribution in [1.82, 2.24) is 4.98 Å². The fourth-order valence-corrected chi connectivity index (χ4v) is 2.26. The maximum absolute atomic E-state index is 12.2. The largest absolute Gasteiger partial charge is 0.573 e. The van der Waals surface area contributed by atoms with Gasteiger partial charge in [-0.2, -0.15) is 0 Å². The quantitative estimate of drug-likeness (QED) is 0.764. The van der Waals surface area contributed by atoms with Crippen LogP contribution in [-0.4, -0.2) is 23.0 Å². The first-order valence-electron chi connectivity index (χ1n) is 7.53. The van der Waals surface area contributed by atoms with Crippen LogP contribution in [0, 0.1) is 0 Å². The molecule has 0 saturated carbocycles. The average molecular weight is 366 g/mol. The number of hydrogen-bond donors (Lipinski definition) is 0. The van der Waals surface area contributed by atoms with E-state index < -0.39 is 12.5 Å². The zero-order valence-corrected chi connectivity index (χ0v) is 13.5. The maximum Gasteiger partial charge on any atom is 0.573 e. The van der Waals surface area contributed by atoms with Gasteiger partial charge in [-0.25, -0.2) is 4.98 Å². The zero-order chi connectivity index (χ0) is 18.7. The summed E-state index contributed by atoms with van der Waals surface area (Å²) >= 11 is 0. The van der Waals surface area contributed by atoms with Gasteiger partial charge in [0.2, 0.25) is 5.90 Å². The van der Waals surface area contributed by atoms with Crippen LogP contribution in [0.3, 0.4) is 0 Å². The van der Waals surface area contributed by atoms with E-state index >= 15 is 0 Å². The molecule has 3 rings (SSSR count). The summed E-state index contributed by atoms with van der Waals surface area (Å²) in [6.07, 6.45) is -3.51. The Balaban J connectivity index is 1.58. The molecular weight excluding hydrogens is 353 g/mol. The van der Waals surface area contributed by atoms with Crippen LogP contribution in [0.4, 0.5) is 13.2 Å². The molecule has 1 atom stereocenters. The molecule has 1 aromatic carbocycles. The highest BCUT2D eigenvalue weighted by molar-refractivity contribution is 5.92. The van der Waals surface area contributed by atoms with Crippen molar-refractivity contribution in [3.8, 4) is 11.5 Å². The summed E-state index contributed by atoms with van der Waals surface area (Å²) in [6.45, 7) is 1.41. The lowest BCUT2D eigenvalue weighted by molar-refractivity contribution is -0.274. The molecule has 1 aromatic heterocycles. The van der Waals surface area contributed by atoms with Crippen molar-refractivity contribution >= 4 is 11.7 Å². The highest BCUT2D eigenvalue weighted by atomic mass is 19.4. The minimum absolute atomic E-state index is 0.156. The number of Topliss-reactive ketones (excluding diaryl/α,β-unsaturated/α-hetero) is 1. The number of hydrogen-bond acceptors (Lipinski definition) is 6. The van der Waals surface area contributed by atoms with Crippen LogP contribution < -0.4 is 9.47 Å². The number of carbonyl (C=O) groups is 1. The Morgan fingerprint density at radius 1 is 1.15 bits per heavy atom. The van der Waals surface area contributed by atoms with Gasteiger partial charge in [0.25, 0.3) is 0 Å². The highest BCUT2D eigenvalue weighted by Crippen LogP contribution is 2.30. The average Bonchev–Trinajstić information content (AvgIpc) is 3.03. The fourth-order valence-electron chi connectivity index (χ4n) is 2.26. The molecule has 0 fully saturated rings. The van der Waals surface area contributed by atoms with E-state index in [0.29, 0.717) is 29.3 Å². The molecular formula is C17H13F3N2O4. The van der Waals surface area contributed by atoms with E-state index in [1.54, 1.807) is 6.07 Å². The van der Waals surface area contributed by atoms with Crippen LogP contribution in [0.5, 0.6) is 11.5 Å². The van der Waals surface area contributed by atoms with Crippen LogP contribution in [0.25, 0.3) is 0 Å². The van der Waals surface area contributed by atoms with Crippen molar-refractivity contribution < 1.29 is 32.3 Å². The highest BCUT2D eigenvalue weighted by Gasteiger charge is 2.31. The van der Waals surface area contributed by atoms with Gasteiger partial charge in [-0.15, -0.1) is 13.2 Å². The molecule has 6 nitrogen and oxygen atoms in total. The number of pyridine rings is 1. The third-order valence-corrected chi connectivity index (χ3v) is 3.46. The summed E-state index contributed by atoms with van der Waals surface area (Å²) in [6, 6.07) is 8.46. The predicted molar refractivity (Wildman–Crippen MR) is 83.9 cm³/mol. The van der Waals surface area contributed by atoms with Gasteiger partial charge in [-0.3, -0.25) is 4.79 Å². The topological polar surface area (TPSA) is 70.0 Å². The first-order valence-corrected chi connectivity index (χ1v) is 7.53. The number of oxime groups is 1. The van der Waals surface area contributed by atoms with Crippen LogP contribution in [0.15, 0.2) is 47.8 Å². The number of ketones is 1. The molecule has 1 aliphatic heterocycles. The minimum Gasteiger partial charge on any atom is -0.438 e. The van der Waals surface area contributed by atoms with Crippen molar-refractivity contribution in [1.29, 1.82) is 0 Å². The predicted octanol–water partition coefficient (Wildman–Crippen LogP) is 4.04. The molecule has 2 aromatic rings. The van der Waals surface area contributed by atoms with Crippen molar-refractivity contribution in [2.75, 3.05) is 0 Å². The van der Waals surface area contributed by atoms with Gasteiger partial charge in [0, 0.05) is 6.92 Å². The van der Waals surface area contributed by atoms with E-state index in [9.17, 15) is 18.0 Å². The van der Waals surface area contributed by atoms with E-state index in [4.69, 9.17) is 9.57 Å². The van der Waals surface area contributed by atoms with Gasteiger partial charge in [0.15, 0.2) is 11.9 Å². The van der Waals surface area contributed by atoms with Gasteiger partial charge in [0.05, 0.1) is 12.6 Å². The van der Waals surface area contributed by atoms with Crippen molar-refractivity contribution in [3.05, 3.63) is 53.9 Å². The molecule has 2 heterocycles. The molecule has 0 saturated heterocycles. The number of carbonyl (C=O) groups excluding carboxylic acids is 1. The number of benzene rings is 1. The van der Waals surface area contributed by atoms with E-state index in [1.807, 2.05) is 0 Å². The molecule has 1 aliphatic rings. The molecule has 0 amide bonds. The number of aromatic nitrogens is 1. The minimum atomic E-state index is -4.73. The smallest absolute Gasteiger partial charge is 0.438 e. The number of nitrogens with zero attached hydrogens (tertiary/aromatic N) is 2. The Morgan fingerprint density at radius 2 is 1.85 bits per heavy atom. The third kappa shape index (κ3) is 4.50. The molecule has 9 heteroatoms. The van der Waals surface area contributed by atoms with Gasteiger partial charge >= 0.3 is 6.36 Å². The van der Waals surface area contributed by atoms with Crippen molar-refractivity contribution in [3.63, 3.8) is 0 Å². The summed E-state index contributed by atoms with van der Waals surface area (Å²) in [4.78, 5) is 20.4. The number of halogens is 3. The van der Waals surface area contributed by atoms with E-state index in [2.05, 4.69) is 14.9 Å². The van der Waals surface area contributed by atoms with E-state index in [1.165, 1.54) is 43.5 Å². The lowest BCUT2D eigenvalue weighted by Gasteiger charge is -2.11. The third-order valence-electron chi connectivity index (χ3n) is 3.46. The Bertz CT molecular complexity index is 817. The molecule has 0 spiro atoms. The standard InChI is InChI=1S/C17H13F3N2O4/c1-10(23)14-7-6-13(9-21-14)24-16-8-15(26-22-16)11-2-4-12(5-3-11)25-17(18,19)20/h2-7,9,15H,8H2,1H3/t15-/m1/s1. The first-order chi connectivity index (χ1) is 12.3. The fraction of sp³-hybridized carbons (Fsp3) is 0.235. The Morgan fingerprint density at radius 3 is 2.42 bits per heavy atom. The molecule has 0 bridgehead atoms. The molecule has 26 heavy (non-hydrogen) atoms. The lowest BCUT2D eigenvalue weighted by Crippen LogP contribution is -2.17. The van der Waals surface area contributed by atoms with E-state index in [0.717, 1.165) is 0 Å². The van der Waals surface area contributed by atoms with Crippen LogP contribution in [-0.2, 0) is 4.84 Å². The number of ether oxygens (including phenoxy) is 2. The normalized spacial score (nSPS) is 16.6. The second kappa shape index (κ2) is 7.03. The van der Waals surface area contributed by atoms with Crippen molar-refractivity contribution in [2.45, 2.75) is 25.8 Å². The Hall–Kier alpha value is -3.10. The summed E-state index contributed by atoms with van der Waals surface area (Å²) in [5.74, 6) is 0.222. The van der Waals surface area contributed by atoms with Crippen LogP contribution >= 0.6 is 0 Å². The van der Waals surface area contributed by atoms with Crippen LogP contribution in [0.1, 0.15) is 35.5 Å². The Labute approximate surface area is 146 Å². The van der Waals surface area contributed by atoms with E-state index in [-0.39, 0.29) is 11.5 Å². The second-order valence-electron chi connectivity index (χ2n) is 5.44. The van der Waals surface area contributed by atoms with Gasteiger partial charge < -0.3 is 14.3 Å². The number of alkyl halides is 3. The zero-order valence-electron chi connectivity index (χ0n) is 13.5. The van der Waals surface area contributed by atoms with Crippen molar-refractivity contribution in [2.24, 2.45) is 5.16 Å². The Kier molecular flexibility index (Phi) is 4.79. The van der Waals surface area contributed by atoms with Crippen LogP contribution in [0.2, 0.25) is 0 Å².